The SMILES string of the molecule is CCCCCCCCC(=O)O[C@H]1CC[C@@]2(C)C(CC[C@H]3[C@@H]4CC[C@H](C(C)CCCC(C)C)[C@@]4(C)CC[C@@H]32)C1. The van der Waals surface area contributed by atoms with Gasteiger partial charge in [0.1, 0.15) is 6.10 Å². The molecule has 9 atom stereocenters. The third-order valence-electron chi connectivity index (χ3n) is 12.9. The Labute approximate surface area is 237 Å². The molecular formula is C36H64O2. The monoisotopic (exact) mass is 528 g/mol. The summed E-state index contributed by atoms with van der Waals surface area (Å²) in [5.74, 6) is 6.37. The fourth-order valence-corrected chi connectivity index (χ4v) is 10.6. The Morgan fingerprint density at radius 2 is 1.50 bits per heavy atom. The first-order chi connectivity index (χ1) is 18.2. The predicted octanol–water partition coefficient (Wildman–Crippen LogP) is 10.8. The highest BCUT2D eigenvalue weighted by molar-refractivity contribution is 5.69. The smallest absolute Gasteiger partial charge is 0.306 e. The number of carbonyl (C=O) groups excluding carboxylic acids is 1. The van der Waals surface area contributed by atoms with Crippen LogP contribution in [0.1, 0.15) is 164 Å². The molecule has 0 aliphatic heterocycles. The van der Waals surface area contributed by atoms with Crippen molar-refractivity contribution in [2.75, 3.05) is 0 Å². The molecule has 0 aromatic rings. The molecule has 38 heavy (non-hydrogen) atoms. The number of fused-ring (bicyclic) bond motifs is 5. The second-order valence-electron chi connectivity index (χ2n) is 15.6. The van der Waals surface area contributed by atoms with Crippen molar-refractivity contribution in [1.82, 2.24) is 0 Å². The minimum absolute atomic E-state index is 0.0794. The molecule has 0 radical (unpaired) electrons. The van der Waals surface area contributed by atoms with Crippen molar-refractivity contribution in [3.63, 3.8) is 0 Å². The standard InChI is InChI=1S/C36H64O2/c1-7-8-9-10-11-12-16-34(37)38-29-21-23-35(5)28(25-29)17-18-30-32-20-19-31(27(4)15-13-14-26(2)3)36(32,6)24-22-33(30)35/h26-33H,7-25H2,1-6H3/t27?,28?,29-,30-,31+,32-,33-,35-,36+/m0/s1. The Bertz CT molecular complexity index is 744. The lowest BCUT2D eigenvalue weighted by Crippen LogP contribution is -2.54. The first kappa shape index (κ1) is 30.4. The highest BCUT2D eigenvalue weighted by Crippen LogP contribution is 2.68. The van der Waals surface area contributed by atoms with Gasteiger partial charge < -0.3 is 4.74 Å². The van der Waals surface area contributed by atoms with Gasteiger partial charge in [-0.3, -0.25) is 4.79 Å². The Morgan fingerprint density at radius 1 is 0.789 bits per heavy atom. The van der Waals surface area contributed by atoms with Crippen molar-refractivity contribution in [3.8, 4) is 0 Å². The van der Waals surface area contributed by atoms with Gasteiger partial charge in [0, 0.05) is 6.42 Å². The fourth-order valence-electron chi connectivity index (χ4n) is 10.6. The van der Waals surface area contributed by atoms with Crippen molar-refractivity contribution >= 4 is 5.97 Å². The summed E-state index contributed by atoms with van der Waals surface area (Å²) in [4.78, 5) is 12.6. The minimum atomic E-state index is 0.0794. The van der Waals surface area contributed by atoms with Gasteiger partial charge in [0.2, 0.25) is 0 Å². The third-order valence-corrected chi connectivity index (χ3v) is 12.9. The minimum Gasteiger partial charge on any atom is -0.462 e. The van der Waals surface area contributed by atoms with E-state index >= 15 is 0 Å². The molecule has 4 fully saturated rings. The van der Waals surface area contributed by atoms with E-state index in [4.69, 9.17) is 4.74 Å². The Morgan fingerprint density at radius 3 is 2.26 bits per heavy atom. The van der Waals surface area contributed by atoms with Gasteiger partial charge >= 0.3 is 5.97 Å². The van der Waals surface area contributed by atoms with E-state index in [0.717, 1.165) is 60.7 Å². The number of carbonyl (C=O) groups is 1. The summed E-state index contributed by atoms with van der Waals surface area (Å²) < 4.78 is 6.08. The highest BCUT2D eigenvalue weighted by atomic mass is 16.5. The first-order valence-electron chi connectivity index (χ1n) is 17.4. The van der Waals surface area contributed by atoms with Gasteiger partial charge in [0.25, 0.3) is 0 Å². The van der Waals surface area contributed by atoms with Crippen LogP contribution in [0.25, 0.3) is 0 Å². The molecule has 2 nitrogen and oxygen atoms in total. The van der Waals surface area contributed by atoms with Crippen LogP contribution >= 0.6 is 0 Å². The lowest BCUT2D eigenvalue weighted by molar-refractivity contribution is -0.162. The maximum atomic E-state index is 12.6. The van der Waals surface area contributed by atoms with Crippen LogP contribution in [0.2, 0.25) is 0 Å². The van der Waals surface area contributed by atoms with Crippen LogP contribution in [0.5, 0.6) is 0 Å². The summed E-state index contributed by atoms with van der Waals surface area (Å²) in [6, 6.07) is 0. The molecule has 0 heterocycles. The Hall–Kier alpha value is -0.530. The molecular weight excluding hydrogens is 464 g/mol. The van der Waals surface area contributed by atoms with Crippen LogP contribution < -0.4 is 0 Å². The number of ether oxygens (including phenoxy) is 1. The average molecular weight is 529 g/mol. The van der Waals surface area contributed by atoms with E-state index in [-0.39, 0.29) is 12.1 Å². The quantitative estimate of drug-likeness (QED) is 0.175. The molecule has 0 bridgehead atoms. The topological polar surface area (TPSA) is 26.3 Å². The number of hydrogen-bond acceptors (Lipinski definition) is 2. The summed E-state index contributed by atoms with van der Waals surface area (Å²) >= 11 is 0. The van der Waals surface area contributed by atoms with E-state index in [9.17, 15) is 4.79 Å². The number of unbranched alkanes of at least 4 members (excludes halogenated alkanes) is 5. The van der Waals surface area contributed by atoms with Gasteiger partial charge in [-0.05, 0) is 116 Å². The van der Waals surface area contributed by atoms with E-state index < -0.39 is 0 Å². The van der Waals surface area contributed by atoms with E-state index in [1.54, 1.807) is 0 Å². The third kappa shape index (κ3) is 6.67. The predicted molar refractivity (Wildman–Crippen MR) is 161 cm³/mol. The van der Waals surface area contributed by atoms with Gasteiger partial charge in [-0.1, -0.05) is 92.9 Å². The molecule has 0 spiro atoms. The van der Waals surface area contributed by atoms with Gasteiger partial charge in [0.05, 0.1) is 0 Å². The van der Waals surface area contributed by atoms with Crippen LogP contribution in [0.15, 0.2) is 0 Å². The maximum Gasteiger partial charge on any atom is 0.306 e. The number of rotatable bonds is 13. The van der Waals surface area contributed by atoms with Gasteiger partial charge in [-0.15, -0.1) is 0 Å². The average Bonchev–Trinajstić information content (AvgIpc) is 3.23. The Kier molecular flexibility index (Phi) is 10.7. The van der Waals surface area contributed by atoms with Crippen LogP contribution in [0.4, 0.5) is 0 Å². The summed E-state index contributed by atoms with van der Waals surface area (Å²) in [5.41, 5.74) is 1.07. The van der Waals surface area contributed by atoms with Gasteiger partial charge in [0.15, 0.2) is 0 Å². The van der Waals surface area contributed by atoms with Crippen molar-refractivity contribution < 1.29 is 9.53 Å². The highest BCUT2D eigenvalue weighted by Gasteiger charge is 2.60. The molecule has 0 N–H and O–H groups in total. The molecule has 2 unspecified atom stereocenters. The largest absolute Gasteiger partial charge is 0.462 e. The molecule has 4 aliphatic rings. The van der Waals surface area contributed by atoms with Crippen molar-refractivity contribution in [2.45, 2.75) is 170 Å². The summed E-state index contributed by atoms with van der Waals surface area (Å²) in [5, 5.41) is 0. The van der Waals surface area contributed by atoms with E-state index in [1.165, 1.54) is 96.3 Å². The molecule has 4 saturated carbocycles. The second-order valence-corrected chi connectivity index (χ2v) is 15.6. The zero-order valence-electron chi connectivity index (χ0n) is 26.4. The lowest BCUT2D eigenvalue weighted by atomic mass is 9.44. The van der Waals surface area contributed by atoms with Crippen molar-refractivity contribution in [3.05, 3.63) is 0 Å². The zero-order valence-corrected chi connectivity index (χ0v) is 26.4. The zero-order chi connectivity index (χ0) is 27.3. The van der Waals surface area contributed by atoms with E-state index in [2.05, 4.69) is 41.5 Å². The van der Waals surface area contributed by atoms with Crippen molar-refractivity contribution in [2.24, 2.45) is 52.3 Å². The summed E-state index contributed by atoms with van der Waals surface area (Å²) in [6.45, 7) is 15.0. The molecule has 220 valence electrons. The molecule has 0 saturated heterocycles. The maximum absolute atomic E-state index is 12.6. The second kappa shape index (κ2) is 13.4. The Balaban J connectivity index is 1.28. The van der Waals surface area contributed by atoms with Crippen LogP contribution in [0, 0.1) is 52.3 Å². The fraction of sp³-hybridized carbons (Fsp3) is 0.972. The van der Waals surface area contributed by atoms with Gasteiger partial charge in [-0.25, -0.2) is 0 Å². The summed E-state index contributed by atoms with van der Waals surface area (Å²) in [7, 11) is 0. The number of esters is 1. The van der Waals surface area contributed by atoms with Crippen LogP contribution in [-0.4, -0.2) is 12.1 Å². The molecule has 0 aromatic carbocycles. The lowest BCUT2D eigenvalue weighted by Gasteiger charge is -2.61. The summed E-state index contributed by atoms with van der Waals surface area (Å²) in [6.07, 6.45) is 24.7. The van der Waals surface area contributed by atoms with Crippen LogP contribution in [0.3, 0.4) is 0 Å². The normalized spacial score (nSPS) is 39.3. The molecule has 4 aliphatic carbocycles. The molecule has 0 aromatic heterocycles. The van der Waals surface area contributed by atoms with Crippen molar-refractivity contribution in [1.29, 1.82) is 0 Å². The van der Waals surface area contributed by atoms with Crippen LogP contribution in [-0.2, 0) is 9.53 Å². The van der Waals surface area contributed by atoms with Gasteiger partial charge in [-0.2, -0.15) is 0 Å². The van der Waals surface area contributed by atoms with E-state index in [1.807, 2.05) is 0 Å². The number of hydrogen-bond donors (Lipinski definition) is 0. The van der Waals surface area contributed by atoms with E-state index in [0.29, 0.717) is 17.3 Å². The molecule has 4 rings (SSSR count). The first-order valence-corrected chi connectivity index (χ1v) is 17.4. The molecule has 0 amide bonds. The molecule has 2 heteroatoms.